The fourth-order valence-electron chi connectivity index (χ4n) is 18.7. The number of rotatable bonds is 18. The van der Waals surface area contributed by atoms with E-state index in [1.807, 2.05) is 133 Å². The molecule has 0 N–H and O–H groups in total. The van der Waals surface area contributed by atoms with Gasteiger partial charge in [-0.25, -0.2) is 4.98 Å². The Morgan fingerprint density at radius 3 is 0.952 bits per heavy atom. The Morgan fingerprint density at radius 1 is 0.254 bits per heavy atom. The highest BCUT2D eigenvalue weighted by molar-refractivity contribution is 6.10. The highest BCUT2D eigenvalue weighted by Gasteiger charge is 2.40. The summed E-state index contributed by atoms with van der Waals surface area (Å²) in [5.74, 6) is 1.69. The van der Waals surface area contributed by atoms with E-state index in [-0.39, 0.29) is 17.5 Å². The Hall–Kier alpha value is -16.1. The summed E-state index contributed by atoms with van der Waals surface area (Å²) in [6.07, 6.45) is 4.48. The molecule has 0 unspecified atom stereocenters. The Morgan fingerprint density at radius 2 is 0.548 bits per heavy atom. The van der Waals surface area contributed by atoms with Crippen LogP contribution in [0.5, 0.6) is 0 Å². The van der Waals surface area contributed by atoms with Gasteiger partial charge in [0.1, 0.15) is 0 Å². The first-order valence-corrected chi connectivity index (χ1v) is 43.1. The number of nitrogens with zero attached hydrogens (tertiary/aromatic N) is 7. The lowest BCUT2D eigenvalue weighted by Gasteiger charge is -2.25. The molecule has 22 rings (SSSR count). The van der Waals surface area contributed by atoms with E-state index in [1.165, 1.54) is 61.1 Å². The molecule has 7 nitrogen and oxygen atoms in total. The van der Waals surface area contributed by atoms with Crippen molar-refractivity contribution in [1.29, 1.82) is 0 Å². The van der Waals surface area contributed by atoms with Gasteiger partial charge < -0.3 is 14.4 Å². The minimum Gasteiger partial charge on any atom is -0.311 e. The summed E-state index contributed by atoms with van der Waals surface area (Å²) in [6.45, 7) is 9.29. The second kappa shape index (κ2) is 33.0. The molecule has 126 heavy (non-hydrogen) atoms. The molecule has 3 aromatic heterocycles. The van der Waals surface area contributed by atoms with Crippen LogP contribution < -0.4 is 9.80 Å². The van der Waals surface area contributed by atoms with Crippen LogP contribution in [-0.4, -0.2) is 24.1 Å². The summed E-state index contributed by atoms with van der Waals surface area (Å²) >= 11 is 0. The lowest BCUT2D eigenvalue weighted by molar-refractivity contribution is 0.660. The quantitative estimate of drug-likeness (QED) is 0.0802. The fraction of sp³-hybridized carbons (Fsp3) is 0.0504. The smallest absolute Gasteiger partial charge is 0.238 e. The maximum Gasteiger partial charge on any atom is 0.238 e. The molecule has 0 aliphatic heterocycles. The number of aromatic nitrogens is 5. The molecule has 0 atom stereocenters. The van der Waals surface area contributed by atoms with Crippen molar-refractivity contribution >= 4 is 80.2 Å². The Bertz CT molecular complexity index is 7400. The van der Waals surface area contributed by atoms with Gasteiger partial charge in [-0.3, -0.25) is 4.57 Å². The number of benzene rings is 17. The molecule has 600 valence electrons. The van der Waals surface area contributed by atoms with Crippen molar-refractivity contribution in [3.63, 3.8) is 0 Å². The molecule has 17 aromatic carbocycles. The van der Waals surface area contributed by atoms with Gasteiger partial charge in [-0.15, -0.1) is 0 Å². The molecule has 0 bridgehead atoms. The van der Waals surface area contributed by atoms with Crippen molar-refractivity contribution in [1.82, 2.24) is 24.1 Å². The van der Waals surface area contributed by atoms with E-state index in [2.05, 4.69) is 368 Å². The predicted octanol–water partition coefficient (Wildman–Crippen LogP) is 31.3. The first kappa shape index (κ1) is 74.9. The summed E-state index contributed by atoms with van der Waals surface area (Å²) in [6, 6.07) is 156. The first-order valence-electron chi connectivity index (χ1n) is 44.1. The second-order valence-corrected chi connectivity index (χ2v) is 33.3. The van der Waals surface area contributed by atoms with Crippen LogP contribution in [0.2, 0.25) is 0 Å². The van der Waals surface area contributed by atoms with Crippen LogP contribution in [0.15, 0.2) is 443 Å². The van der Waals surface area contributed by atoms with Gasteiger partial charge in [-0.05, 0) is 198 Å². The molecule has 20 aromatic rings. The zero-order valence-electron chi connectivity index (χ0n) is 72.4. The van der Waals surface area contributed by atoms with Crippen LogP contribution >= 0.6 is 0 Å². The van der Waals surface area contributed by atoms with Gasteiger partial charge in [0.25, 0.3) is 0 Å². The Balaban J connectivity index is 0.000000159. The largest absolute Gasteiger partial charge is 0.311 e. The van der Waals surface area contributed by atoms with E-state index < -0.39 is 5.41 Å². The number of fused-ring (bicyclic) bond motifs is 8. The van der Waals surface area contributed by atoms with Crippen molar-refractivity contribution in [2.24, 2.45) is 0 Å². The van der Waals surface area contributed by atoms with Crippen molar-refractivity contribution in [3.8, 4) is 101 Å². The average molecular weight is 1620 g/mol. The highest BCUT2D eigenvalue weighted by atomic mass is 15.2. The molecular formula is C119H89N7. The molecule has 2 aliphatic carbocycles. The number of hydrogen-bond acceptors (Lipinski definition) is 5. The molecular weight excluding hydrogens is 1530 g/mol. The van der Waals surface area contributed by atoms with Crippen molar-refractivity contribution < 1.29 is 2.74 Å². The minimum atomic E-state index is -0.463. The Labute approximate surface area is 739 Å². The number of hydrogen-bond donors (Lipinski definition) is 0. The van der Waals surface area contributed by atoms with Crippen LogP contribution in [0, 0.1) is 0 Å². The van der Waals surface area contributed by atoms with E-state index in [1.54, 1.807) is 0 Å². The third kappa shape index (κ3) is 14.5. The molecule has 2 aliphatic rings. The van der Waals surface area contributed by atoms with Crippen LogP contribution in [-0.2, 0) is 10.8 Å². The Kier molecular flexibility index (Phi) is 19.6. The molecule has 0 fully saturated rings. The van der Waals surface area contributed by atoms with Gasteiger partial charge in [-0.1, -0.05) is 386 Å². The van der Waals surface area contributed by atoms with E-state index in [0.29, 0.717) is 28.7 Å². The number of para-hydroxylation sites is 5. The molecule has 0 amide bonds. The zero-order chi connectivity index (χ0) is 86.4. The van der Waals surface area contributed by atoms with Crippen molar-refractivity contribution in [3.05, 3.63) is 487 Å². The van der Waals surface area contributed by atoms with E-state index in [0.717, 1.165) is 112 Å². The summed E-state index contributed by atoms with van der Waals surface area (Å²) in [7, 11) is 0. The first-order chi connectivity index (χ1) is 62.9. The van der Waals surface area contributed by atoms with E-state index in [9.17, 15) is 2.74 Å². The molecule has 0 spiro atoms. The van der Waals surface area contributed by atoms with Gasteiger partial charge in [0.05, 0.1) is 25.2 Å². The summed E-state index contributed by atoms with van der Waals surface area (Å²) in [4.78, 5) is 20.2. The van der Waals surface area contributed by atoms with Crippen molar-refractivity contribution in [2.45, 2.75) is 38.5 Å². The second-order valence-electron chi connectivity index (χ2n) is 33.3. The zero-order valence-corrected chi connectivity index (χ0v) is 70.4. The predicted molar refractivity (Wildman–Crippen MR) is 528 cm³/mol. The van der Waals surface area contributed by atoms with Gasteiger partial charge >= 0.3 is 0 Å². The monoisotopic (exact) mass is 1620 g/mol. The summed E-state index contributed by atoms with van der Waals surface area (Å²) in [5.41, 5.74) is 33.6. The number of anilines is 6. The third-order valence-corrected chi connectivity index (χ3v) is 24.8. The lowest BCUT2D eigenvalue weighted by atomic mass is 9.81. The highest BCUT2D eigenvalue weighted by Crippen LogP contribution is 2.56. The van der Waals surface area contributed by atoms with Crippen LogP contribution in [0.4, 0.5) is 34.1 Å². The maximum absolute atomic E-state index is 9.48. The molecule has 0 radical (unpaired) electrons. The average Bonchev–Trinajstić information content (AvgIpc) is 1.55. The standard InChI is InChI=1S/C64H47N5.C55H42N2/c1-64(2)56-41-45(34-33-44-35-38-52(39-36-44)68(50-29-17-7-18-30-50)51-31-19-8-20-32-51)37-40-53(56)54-42-55-58(43-57(54)64)69(60(47-23-11-4-12-24-47)59(55)46-21-9-3-10-22-46)63-66-61(48-25-13-5-14-26-48)65-62(67-63)49-27-15-6-16-28-49;1-55(2)50-36-40(29-28-39-30-33-46(34-31-39)56(43-22-12-5-13-23-43)44-24-14-6-15-25-44)32-35-47(50)48-37-49-52(38-51(48)55)57(45-26-16-7-17-27-45)54(42-20-10-4-11-21-42)53(49)41-18-8-3-9-19-41/h3-43H,1-2H3;3-38H,1-2H3/b34-33+;29-28+/i33D,34D;. The van der Waals surface area contributed by atoms with Crippen LogP contribution in [0.3, 0.4) is 0 Å². The molecule has 0 saturated carbocycles. The normalized spacial score (nSPS) is 13.0. The SMILES string of the molecule is CC1(C)c2cc(/C=C/c3ccc(N(c4ccccc4)c4ccccc4)cc3)ccc2-c2cc3c(-c4ccccc4)c(-c4ccccc4)n(-c4ccccc4)c3cc21.[2H]/C(=C(/[2H])c1ccc2c(c1)C(C)(C)c1cc3c(cc1-2)c(-c1ccccc1)c(-c1ccccc1)n3-c1nc(-c2ccccc2)nc(-c2ccccc2)n1)c1ccc(N(c2ccccc2)c2ccccc2)cc1. The molecule has 0 saturated heterocycles. The molecule has 3 heterocycles. The third-order valence-electron chi connectivity index (χ3n) is 24.8. The van der Waals surface area contributed by atoms with Gasteiger partial charge in [0.2, 0.25) is 5.95 Å². The van der Waals surface area contributed by atoms with Gasteiger partial charge in [0.15, 0.2) is 11.6 Å². The van der Waals surface area contributed by atoms with Gasteiger partial charge in [0, 0.05) is 83.7 Å². The fourth-order valence-corrected chi connectivity index (χ4v) is 18.7. The van der Waals surface area contributed by atoms with Crippen LogP contribution in [0.25, 0.3) is 147 Å². The van der Waals surface area contributed by atoms with Gasteiger partial charge in [-0.2, -0.15) is 9.97 Å². The maximum atomic E-state index is 9.48. The minimum absolute atomic E-state index is 0.165. The van der Waals surface area contributed by atoms with Crippen LogP contribution in [0.1, 0.15) is 74.9 Å². The van der Waals surface area contributed by atoms with E-state index in [4.69, 9.17) is 15.0 Å². The van der Waals surface area contributed by atoms with Crippen molar-refractivity contribution in [2.75, 3.05) is 9.80 Å². The molecule has 7 heteroatoms. The summed E-state index contributed by atoms with van der Waals surface area (Å²) in [5, 5.41) is 2.33. The topological polar surface area (TPSA) is 55.0 Å². The van der Waals surface area contributed by atoms with E-state index >= 15 is 0 Å². The lowest BCUT2D eigenvalue weighted by Crippen LogP contribution is -2.15. The summed E-state index contributed by atoms with van der Waals surface area (Å²) < 4.78 is 23.6.